The second kappa shape index (κ2) is 9.01. The number of benzene rings is 2. The molecule has 2 aromatic carbocycles. The number of hydrogen-bond donors (Lipinski definition) is 1. The van der Waals surface area contributed by atoms with Gasteiger partial charge in [-0.05, 0) is 67.2 Å². The number of carbonyl (C=O) groups is 2. The van der Waals surface area contributed by atoms with E-state index in [-0.39, 0.29) is 17.7 Å². The summed E-state index contributed by atoms with van der Waals surface area (Å²) in [5, 5.41) is 3.09. The molecule has 0 unspecified atom stereocenters. The van der Waals surface area contributed by atoms with Gasteiger partial charge in [0.05, 0.1) is 22.8 Å². The zero-order valence-electron chi connectivity index (χ0n) is 16.4. The van der Waals surface area contributed by atoms with Gasteiger partial charge in [0.15, 0.2) is 5.17 Å². The fourth-order valence-electron chi connectivity index (χ4n) is 2.81. The van der Waals surface area contributed by atoms with Crippen LogP contribution in [0.15, 0.2) is 75.0 Å². The lowest BCUT2D eigenvalue weighted by atomic mass is 10.1. The Kier molecular flexibility index (Phi) is 5.99. The van der Waals surface area contributed by atoms with Crippen LogP contribution in [0, 0.1) is 5.82 Å². The molecule has 0 atom stereocenters. The quantitative estimate of drug-likeness (QED) is 0.442. The summed E-state index contributed by atoms with van der Waals surface area (Å²) in [6.07, 6.45) is 1.63. The van der Waals surface area contributed by atoms with Gasteiger partial charge in [0.2, 0.25) is 0 Å². The maximum atomic E-state index is 13.0. The Hall–Kier alpha value is -3.65. The molecule has 4 rings (SSSR count). The molecular weight excluding hydrogens is 419 g/mol. The molecule has 1 aromatic heterocycles. The number of carbonyl (C=O) groups excluding carboxylic acids is 2. The molecule has 0 saturated carbocycles. The van der Waals surface area contributed by atoms with Gasteiger partial charge in [-0.2, -0.15) is 0 Å². The van der Waals surface area contributed by atoms with Crippen LogP contribution in [0.4, 0.5) is 10.1 Å². The van der Waals surface area contributed by atoms with E-state index in [0.29, 0.717) is 39.5 Å². The van der Waals surface area contributed by atoms with Crippen molar-refractivity contribution in [3.63, 3.8) is 0 Å². The largest absolute Gasteiger partial charge is 0.462 e. The van der Waals surface area contributed by atoms with Crippen molar-refractivity contribution in [2.75, 3.05) is 6.61 Å². The maximum Gasteiger partial charge on any atom is 0.338 e. The van der Waals surface area contributed by atoms with Crippen molar-refractivity contribution in [3.05, 3.63) is 82.7 Å². The number of nitrogens with one attached hydrogen (secondary N) is 1. The second-order valence-corrected chi connectivity index (χ2v) is 7.49. The van der Waals surface area contributed by atoms with Gasteiger partial charge in [-0.25, -0.2) is 14.2 Å². The Morgan fingerprint density at radius 1 is 1.13 bits per heavy atom. The van der Waals surface area contributed by atoms with Crippen molar-refractivity contribution in [2.24, 2.45) is 4.99 Å². The summed E-state index contributed by atoms with van der Waals surface area (Å²) in [6, 6.07) is 16.1. The van der Waals surface area contributed by atoms with Gasteiger partial charge in [-0.3, -0.25) is 4.79 Å². The highest BCUT2D eigenvalue weighted by molar-refractivity contribution is 8.18. The third-order valence-electron chi connectivity index (χ3n) is 4.29. The summed E-state index contributed by atoms with van der Waals surface area (Å²) in [4.78, 5) is 28.7. The van der Waals surface area contributed by atoms with Crippen molar-refractivity contribution in [1.29, 1.82) is 0 Å². The molecule has 1 saturated heterocycles. The van der Waals surface area contributed by atoms with Gasteiger partial charge in [-0.15, -0.1) is 0 Å². The number of ether oxygens (including phenoxy) is 1. The number of thioether (sulfide) groups is 1. The predicted octanol–water partition coefficient (Wildman–Crippen LogP) is 5.15. The predicted molar refractivity (Wildman–Crippen MR) is 117 cm³/mol. The van der Waals surface area contributed by atoms with Crippen LogP contribution in [0.5, 0.6) is 0 Å². The van der Waals surface area contributed by atoms with E-state index in [1.54, 1.807) is 49.4 Å². The number of amides is 1. The Balaban J connectivity index is 1.48. The Morgan fingerprint density at radius 3 is 2.58 bits per heavy atom. The first-order valence-electron chi connectivity index (χ1n) is 9.44. The molecule has 0 bridgehead atoms. The first-order valence-corrected chi connectivity index (χ1v) is 10.3. The summed E-state index contributed by atoms with van der Waals surface area (Å²) in [5.41, 5.74) is 1.79. The molecule has 0 aliphatic carbocycles. The molecule has 1 aliphatic heterocycles. The van der Waals surface area contributed by atoms with E-state index in [1.165, 1.54) is 36.0 Å². The van der Waals surface area contributed by atoms with Gasteiger partial charge in [0.1, 0.15) is 17.3 Å². The third kappa shape index (κ3) is 4.92. The molecule has 1 fully saturated rings. The molecule has 6 nitrogen and oxygen atoms in total. The molecule has 0 radical (unpaired) electrons. The van der Waals surface area contributed by atoms with E-state index < -0.39 is 0 Å². The van der Waals surface area contributed by atoms with E-state index in [1.807, 2.05) is 0 Å². The standard InChI is InChI=1S/C23H17FN2O4S/c1-2-29-22(28)15-5-3-14(4-6-15)19-12-11-18(30-19)13-20-21(27)26-23(31-20)25-17-9-7-16(24)8-10-17/h3-13H,2H2,1H3,(H,25,26,27)/b20-13+. The molecular formula is C23H17FN2O4S. The van der Waals surface area contributed by atoms with E-state index in [0.717, 1.165) is 5.56 Å². The van der Waals surface area contributed by atoms with Gasteiger partial charge in [0, 0.05) is 11.6 Å². The summed E-state index contributed by atoms with van der Waals surface area (Å²) >= 11 is 1.17. The average Bonchev–Trinajstić information content (AvgIpc) is 3.37. The lowest BCUT2D eigenvalue weighted by Gasteiger charge is -2.02. The van der Waals surface area contributed by atoms with Crippen molar-refractivity contribution in [3.8, 4) is 11.3 Å². The van der Waals surface area contributed by atoms with Gasteiger partial charge in [0.25, 0.3) is 5.91 Å². The molecule has 1 N–H and O–H groups in total. The Morgan fingerprint density at radius 2 is 1.87 bits per heavy atom. The number of amidine groups is 1. The number of halogens is 1. The van der Waals surface area contributed by atoms with Crippen LogP contribution in [0.1, 0.15) is 23.0 Å². The summed E-state index contributed by atoms with van der Waals surface area (Å²) in [6.45, 7) is 2.07. The van der Waals surface area contributed by atoms with Gasteiger partial charge >= 0.3 is 5.97 Å². The molecule has 1 aliphatic rings. The number of nitrogens with zero attached hydrogens (tertiary/aromatic N) is 1. The highest BCUT2D eigenvalue weighted by atomic mass is 32.2. The minimum Gasteiger partial charge on any atom is -0.462 e. The van der Waals surface area contributed by atoms with E-state index in [2.05, 4.69) is 10.3 Å². The topological polar surface area (TPSA) is 80.9 Å². The van der Waals surface area contributed by atoms with Crippen LogP contribution in [0.25, 0.3) is 17.4 Å². The number of furan rings is 1. The summed E-state index contributed by atoms with van der Waals surface area (Å²) in [5.74, 6) is 0.0942. The molecule has 0 spiro atoms. The molecule has 31 heavy (non-hydrogen) atoms. The van der Waals surface area contributed by atoms with Crippen LogP contribution in [0.3, 0.4) is 0 Å². The Bertz CT molecular complexity index is 1180. The molecule has 2 heterocycles. The molecule has 1 amide bonds. The van der Waals surface area contributed by atoms with Crippen LogP contribution in [-0.4, -0.2) is 23.7 Å². The minimum absolute atomic E-state index is 0.289. The molecule has 156 valence electrons. The fourth-order valence-corrected chi connectivity index (χ4v) is 3.64. The normalized spacial score (nSPS) is 16.0. The molecule has 3 aromatic rings. The SMILES string of the molecule is CCOC(=O)c1ccc(-c2ccc(/C=C3/SC(=Nc4ccc(F)cc4)NC3=O)o2)cc1. The zero-order valence-corrected chi connectivity index (χ0v) is 17.2. The van der Waals surface area contributed by atoms with Crippen molar-refractivity contribution >= 4 is 40.6 Å². The van der Waals surface area contributed by atoms with Crippen LogP contribution < -0.4 is 5.32 Å². The van der Waals surface area contributed by atoms with Gasteiger partial charge < -0.3 is 14.5 Å². The third-order valence-corrected chi connectivity index (χ3v) is 5.20. The highest BCUT2D eigenvalue weighted by Crippen LogP contribution is 2.30. The zero-order chi connectivity index (χ0) is 21.8. The maximum absolute atomic E-state index is 13.0. The van der Waals surface area contributed by atoms with Crippen LogP contribution in [-0.2, 0) is 9.53 Å². The lowest BCUT2D eigenvalue weighted by molar-refractivity contribution is -0.115. The lowest BCUT2D eigenvalue weighted by Crippen LogP contribution is -2.19. The highest BCUT2D eigenvalue weighted by Gasteiger charge is 2.24. The summed E-state index contributed by atoms with van der Waals surface area (Å²) in [7, 11) is 0. The first kappa shape index (κ1) is 20.6. The van der Waals surface area contributed by atoms with E-state index >= 15 is 0 Å². The van der Waals surface area contributed by atoms with Crippen molar-refractivity contribution < 1.29 is 23.1 Å². The summed E-state index contributed by atoms with van der Waals surface area (Å²) < 4.78 is 23.8. The Labute approximate surface area is 181 Å². The second-order valence-electron chi connectivity index (χ2n) is 6.46. The van der Waals surface area contributed by atoms with E-state index in [4.69, 9.17) is 9.15 Å². The van der Waals surface area contributed by atoms with Crippen LogP contribution in [0.2, 0.25) is 0 Å². The molecule has 8 heteroatoms. The van der Waals surface area contributed by atoms with Gasteiger partial charge in [-0.1, -0.05) is 12.1 Å². The fraction of sp³-hybridized carbons (Fsp3) is 0.0870. The monoisotopic (exact) mass is 436 g/mol. The van der Waals surface area contributed by atoms with Crippen molar-refractivity contribution in [2.45, 2.75) is 6.92 Å². The first-order chi connectivity index (χ1) is 15.0. The number of aliphatic imine (C=N–C) groups is 1. The average molecular weight is 436 g/mol. The smallest absolute Gasteiger partial charge is 0.338 e. The minimum atomic E-state index is -0.374. The number of hydrogen-bond acceptors (Lipinski definition) is 6. The van der Waals surface area contributed by atoms with E-state index in [9.17, 15) is 14.0 Å². The number of rotatable bonds is 5. The van der Waals surface area contributed by atoms with Crippen molar-refractivity contribution in [1.82, 2.24) is 5.32 Å². The number of esters is 1. The van der Waals surface area contributed by atoms with Crippen LogP contribution >= 0.6 is 11.8 Å².